The summed E-state index contributed by atoms with van der Waals surface area (Å²) in [7, 11) is 0. The van der Waals surface area contributed by atoms with E-state index in [9.17, 15) is 14.4 Å². The molecule has 3 aromatic carbocycles. The fourth-order valence-electron chi connectivity index (χ4n) is 3.72. The lowest BCUT2D eigenvalue weighted by molar-refractivity contribution is -0.124. The van der Waals surface area contributed by atoms with Gasteiger partial charge in [-0.05, 0) is 61.7 Å². The van der Waals surface area contributed by atoms with Crippen molar-refractivity contribution in [2.45, 2.75) is 19.8 Å². The minimum Gasteiger partial charge on any atom is -0.452 e. The van der Waals surface area contributed by atoms with Crippen LogP contribution >= 0.6 is 0 Å². The maximum atomic E-state index is 12.9. The van der Waals surface area contributed by atoms with E-state index in [0.717, 1.165) is 12.8 Å². The third-order valence-corrected chi connectivity index (χ3v) is 5.45. The predicted octanol–water partition coefficient (Wildman–Crippen LogP) is 3.60. The second kappa shape index (κ2) is 10.6. The molecule has 0 radical (unpaired) electrons. The van der Waals surface area contributed by atoms with E-state index in [1.54, 1.807) is 49.4 Å². The molecule has 1 amide bonds. The summed E-state index contributed by atoms with van der Waals surface area (Å²) in [5, 5.41) is 3.28. The van der Waals surface area contributed by atoms with Crippen molar-refractivity contribution in [3.63, 3.8) is 0 Å². The minimum atomic E-state index is -0.605. The quantitative estimate of drug-likeness (QED) is 0.324. The van der Waals surface area contributed by atoms with Crippen LogP contribution in [0, 0.1) is 6.92 Å². The summed E-state index contributed by atoms with van der Waals surface area (Å²) in [4.78, 5) is 41.7. The van der Waals surface area contributed by atoms with Crippen LogP contribution < -0.4 is 10.9 Å². The fraction of sp³-hybridized carbons (Fsp3) is 0.185. The summed E-state index contributed by atoms with van der Waals surface area (Å²) in [5.74, 6) is -0.405. The second-order valence-corrected chi connectivity index (χ2v) is 7.88. The topological polar surface area (TPSA) is 90.3 Å². The summed E-state index contributed by atoms with van der Waals surface area (Å²) < 4.78 is 6.62. The van der Waals surface area contributed by atoms with Gasteiger partial charge in [0.2, 0.25) is 0 Å². The number of hydrogen-bond acceptors (Lipinski definition) is 5. The molecule has 0 saturated carbocycles. The van der Waals surface area contributed by atoms with Crippen LogP contribution in [0.2, 0.25) is 0 Å². The number of rotatable bonds is 8. The number of aryl methyl sites for hydroxylation is 2. The molecule has 172 valence electrons. The molecular weight excluding hydrogens is 430 g/mol. The van der Waals surface area contributed by atoms with Crippen molar-refractivity contribution < 1.29 is 14.3 Å². The van der Waals surface area contributed by atoms with Gasteiger partial charge >= 0.3 is 5.97 Å². The number of esters is 1. The number of hydrogen-bond donors (Lipinski definition) is 1. The van der Waals surface area contributed by atoms with Gasteiger partial charge in [0.1, 0.15) is 5.82 Å². The van der Waals surface area contributed by atoms with Gasteiger partial charge in [-0.1, -0.05) is 42.5 Å². The van der Waals surface area contributed by atoms with Crippen molar-refractivity contribution in [1.29, 1.82) is 0 Å². The Morgan fingerprint density at radius 2 is 1.65 bits per heavy atom. The number of fused-ring (bicyclic) bond motifs is 1. The first kappa shape index (κ1) is 22.9. The number of nitrogens with one attached hydrogen (secondary N) is 1. The van der Waals surface area contributed by atoms with Gasteiger partial charge in [-0.2, -0.15) is 0 Å². The fourth-order valence-corrected chi connectivity index (χ4v) is 3.72. The molecule has 1 heterocycles. The highest BCUT2D eigenvalue weighted by Crippen LogP contribution is 2.14. The van der Waals surface area contributed by atoms with Gasteiger partial charge in [0.15, 0.2) is 6.61 Å². The Kier molecular flexibility index (Phi) is 7.13. The zero-order chi connectivity index (χ0) is 23.9. The minimum absolute atomic E-state index is 0.178. The number of nitrogens with zero attached hydrogens (tertiary/aromatic N) is 2. The lowest BCUT2D eigenvalue weighted by Gasteiger charge is -2.11. The van der Waals surface area contributed by atoms with Crippen molar-refractivity contribution in [3.05, 3.63) is 106 Å². The molecule has 0 saturated heterocycles. The maximum Gasteiger partial charge on any atom is 0.338 e. The maximum absolute atomic E-state index is 12.9. The first-order valence-electron chi connectivity index (χ1n) is 11.1. The smallest absolute Gasteiger partial charge is 0.338 e. The lowest BCUT2D eigenvalue weighted by atomic mass is 10.1. The van der Waals surface area contributed by atoms with Gasteiger partial charge in [0, 0.05) is 6.54 Å². The summed E-state index contributed by atoms with van der Waals surface area (Å²) in [5.41, 5.74) is 2.55. The Morgan fingerprint density at radius 3 is 2.41 bits per heavy atom. The third kappa shape index (κ3) is 5.38. The molecule has 0 unspecified atom stereocenters. The number of amides is 1. The Labute approximate surface area is 197 Å². The Bertz CT molecular complexity index is 1360. The number of carbonyl (C=O) groups excluding carboxylic acids is 2. The van der Waals surface area contributed by atoms with E-state index in [0.29, 0.717) is 34.5 Å². The van der Waals surface area contributed by atoms with Gasteiger partial charge in [0.25, 0.3) is 11.5 Å². The molecule has 0 aliphatic rings. The average molecular weight is 456 g/mol. The summed E-state index contributed by atoms with van der Waals surface area (Å²) in [6.45, 7) is 1.92. The number of carbonyl (C=O) groups is 2. The van der Waals surface area contributed by atoms with Crippen molar-refractivity contribution in [2.75, 3.05) is 13.2 Å². The van der Waals surface area contributed by atoms with E-state index >= 15 is 0 Å². The average Bonchev–Trinajstić information content (AvgIpc) is 2.86. The highest BCUT2D eigenvalue weighted by Gasteiger charge is 2.13. The zero-order valence-corrected chi connectivity index (χ0v) is 18.9. The van der Waals surface area contributed by atoms with E-state index in [2.05, 4.69) is 10.3 Å². The molecule has 7 heteroatoms. The molecule has 0 atom stereocenters. The van der Waals surface area contributed by atoms with Crippen LogP contribution in [0.5, 0.6) is 0 Å². The summed E-state index contributed by atoms with van der Waals surface area (Å²) in [6, 6.07) is 23.6. The monoisotopic (exact) mass is 455 g/mol. The summed E-state index contributed by atoms with van der Waals surface area (Å²) in [6.07, 6.45) is 1.66. The lowest BCUT2D eigenvalue weighted by Crippen LogP contribution is -2.29. The van der Waals surface area contributed by atoms with Crippen molar-refractivity contribution >= 4 is 22.8 Å². The summed E-state index contributed by atoms with van der Waals surface area (Å²) >= 11 is 0. The van der Waals surface area contributed by atoms with Crippen LogP contribution in [-0.2, 0) is 16.0 Å². The standard InChI is InChI=1S/C27H25N3O4/c1-19-29-24-12-6-5-11-23(24)26(32)30(19)22-15-13-21(14-16-22)27(33)34-18-25(31)28-17-7-10-20-8-3-2-4-9-20/h2-6,8-9,11-16H,7,10,17-18H2,1H3,(H,28,31). The largest absolute Gasteiger partial charge is 0.452 e. The molecule has 1 aromatic heterocycles. The van der Waals surface area contributed by atoms with Crippen LogP contribution in [0.4, 0.5) is 0 Å². The molecule has 1 N–H and O–H groups in total. The molecule has 7 nitrogen and oxygen atoms in total. The van der Waals surface area contributed by atoms with Crippen LogP contribution in [0.15, 0.2) is 83.7 Å². The predicted molar refractivity (Wildman–Crippen MR) is 130 cm³/mol. The molecule has 0 aliphatic carbocycles. The number of benzene rings is 3. The molecule has 34 heavy (non-hydrogen) atoms. The number of aromatic nitrogens is 2. The third-order valence-electron chi connectivity index (χ3n) is 5.45. The van der Waals surface area contributed by atoms with Crippen molar-refractivity contribution in [1.82, 2.24) is 14.9 Å². The van der Waals surface area contributed by atoms with Crippen molar-refractivity contribution in [3.8, 4) is 5.69 Å². The van der Waals surface area contributed by atoms with Gasteiger partial charge in [-0.3, -0.25) is 14.2 Å². The van der Waals surface area contributed by atoms with E-state index in [1.807, 2.05) is 36.4 Å². The molecule has 0 bridgehead atoms. The van der Waals surface area contributed by atoms with E-state index in [1.165, 1.54) is 10.1 Å². The molecular formula is C27H25N3O4. The normalized spacial score (nSPS) is 10.7. The zero-order valence-electron chi connectivity index (χ0n) is 18.9. The first-order valence-corrected chi connectivity index (χ1v) is 11.1. The number of para-hydroxylation sites is 1. The van der Waals surface area contributed by atoms with Gasteiger partial charge < -0.3 is 10.1 Å². The second-order valence-electron chi connectivity index (χ2n) is 7.88. The number of ether oxygens (including phenoxy) is 1. The Morgan fingerprint density at radius 1 is 0.941 bits per heavy atom. The van der Waals surface area contributed by atoms with Crippen LogP contribution in [0.3, 0.4) is 0 Å². The van der Waals surface area contributed by atoms with E-state index in [-0.39, 0.29) is 18.1 Å². The Balaban J connectivity index is 1.32. The molecule has 0 spiro atoms. The highest BCUT2D eigenvalue weighted by atomic mass is 16.5. The SMILES string of the molecule is Cc1nc2ccccc2c(=O)n1-c1ccc(C(=O)OCC(=O)NCCCc2ccccc2)cc1. The van der Waals surface area contributed by atoms with Gasteiger partial charge in [-0.15, -0.1) is 0 Å². The van der Waals surface area contributed by atoms with Crippen LogP contribution in [0.1, 0.15) is 28.2 Å². The molecule has 4 rings (SSSR count). The highest BCUT2D eigenvalue weighted by molar-refractivity contribution is 5.91. The molecule has 0 aliphatic heterocycles. The molecule has 4 aromatic rings. The van der Waals surface area contributed by atoms with Gasteiger partial charge in [0.05, 0.1) is 22.2 Å². The van der Waals surface area contributed by atoms with Crippen molar-refractivity contribution in [2.24, 2.45) is 0 Å². The van der Waals surface area contributed by atoms with E-state index in [4.69, 9.17) is 4.74 Å². The first-order chi connectivity index (χ1) is 16.5. The van der Waals surface area contributed by atoms with Crippen LogP contribution in [0.25, 0.3) is 16.6 Å². The van der Waals surface area contributed by atoms with Crippen LogP contribution in [-0.4, -0.2) is 34.6 Å². The molecule has 0 fully saturated rings. The van der Waals surface area contributed by atoms with Gasteiger partial charge in [-0.25, -0.2) is 9.78 Å². The van der Waals surface area contributed by atoms with E-state index < -0.39 is 5.97 Å². The Hall–Kier alpha value is -4.26.